The predicted molar refractivity (Wildman–Crippen MR) is 101 cm³/mol. The van der Waals surface area contributed by atoms with Crippen LogP contribution < -0.4 is 10.1 Å². The minimum Gasteiger partial charge on any atom is -0.495 e. The number of ether oxygens (including phenoxy) is 1. The second kappa shape index (κ2) is 7.80. The van der Waals surface area contributed by atoms with Crippen LogP contribution in [-0.4, -0.2) is 28.8 Å². The molecule has 2 aromatic carbocycles. The maximum Gasteiger partial charge on any atom is 0.274 e. The van der Waals surface area contributed by atoms with E-state index in [1.807, 2.05) is 6.26 Å². The van der Waals surface area contributed by atoms with Crippen molar-refractivity contribution >= 4 is 35.0 Å². The summed E-state index contributed by atoms with van der Waals surface area (Å²) < 4.78 is 20.2. The van der Waals surface area contributed by atoms with Crippen LogP contribution >= 0.6 is 23.4 Å². The van der Waals surface area contributed by atoms with Gasteiger partial charge in [-0.3, -0.25) is 9.36 Å². The molecule has 0 spiro atoms. The maximum absolute atomic E-state index is 13.2. The van der Waals surface area contributed by atoms with E-state index in [-0.39, 0.29) is 11.7 Å². The fourth-order valence-corrected chi connectivity index (χ4v) is 3.16. The molecule has 0 aliphatic heterocycles. The number of imidazole rings is 1. The number of carbonyl (C=O) groups excluding carboxylic acids is 1. The van der Waals surface area contributed by atoms with Crippen molar-refractivity contribution in [1.29, 1.82) is 0 Å². The van der Waals surface area contributed by atoms with Gasteiger partial charge in [0, 0.05) is 10.7 Å². The monoisotopic (exact) mass is 391 g/mol. The highest BCUT2D eigenvalue weighted by atomic mass is 35.5. The third-order valence-corrected chi connectivity index (χ3v) is 4.53. The lowest BCUT2D eigenvalue weighted by Gasteiger charge is -2.13. The van der Waals surface area contributed by atoms with Gasteiger partial charge in [-0.05, 0) is 48.7 Å². The Balaban J connectivity index is 1.99. The number of methoxy groups -OCH3 is 1. The molecule has 0 aliphatic carbocycles. The molecule has 0 unspecified atom stereocenters. The van der Waals surface area contributed by atoms with E-state index in [9.17, 15) is 9.18 Å². The van der Waals surface area contributed by atoms with Gasteiger partial charge in [0.05, 0.1) is 19.0 Å². The average Bonchev–Trinajstić information content (AvgIpc) is 3.07. The van der Waals surface area contributed by atoms with Crippen LogP contribution in [0.2, 0.25) is 5.02 Å². The van der Waals surface area contributed by atoms with Crippen molar-refractivity contribution < 1.29 is 13.9 Å². The zero-order chi connectivity index (χ0) is 18.7. The number of thioether (sulfide) groups is 1. The summed E-state index contributed by atoms with van der Waals surface area (Å²) in [6, 6.07) is 10.8. The number of rotatable bonds is 5. The van der Waals surface area contributed by atoms with Crippen molar-refractivity contribution in [1.82, 2.24) is 9.55 Å². The quantitative estimate of drug-likeness (QED) is 0.643. The highest BCUT2D eigenvalue weighted by molar-refractivity contribution is 7.98. The molecular formula is C18H15ClFN3O2S. The first-order valence-corrected chi connectivity index (χ1v) is 9.16. The third-order valence-electron chi connectivity index (χ3n) is 3.64. The molecule has 0 bridgehead atoms. The molecule has 0 fully saturated rings. The van der Waals surface area contributed by atoms with Gasteiger partial charge in [0.15, 0.2) is 5.16 Å². The number of hydrogen-bond donors (Lipinski definition) is 1. The van der Waals surface area contributed by atoms with Crippen LogP contribution in [0.1, 0.15) is 10.5 Å². The maximum atomic E-state index is 13.2. The Morgan fingerprint density at radius 1 is 1.27 bits per heavy atom. The van der Waals surface area contributed by atoms with Gasteiger partial charge < -0.3 is 10.1 Å². The molecule has 1 aromatic heterocycles. The summed E-state index contributed by atoms with van der Waals surface area (Å²) in [6.45, 7) is 0. The van der Waals surface area contributed by atoms with Crippen LogP contribution in [0.25, 0.3) is 5.69 Å². The Labute approximate surface area is 159 Å². The molecule has 0 radical (unpaired) electrons. The van der Waals surface area contributed by atoms with E-state index in [2.05, 4.69) is 10.3 Å². The summed E-state index contributed by atoms with van der Waals surface area (Å²) in [5.74, 6) is -0.252. The average molecular weight is 392 g/mol. The van der Waals surface area contributed by atoms with Crippen LogP contribution in [0.15, 0.2) is 53.8 Å². The van der Waals surface area contributed by atoms with Crippen molar-refractivity contribution in [2.45, 2.75) is 5.16 Å². The summed E-state index contributed by atoms with van der Waals surface area (Å²) in [4.78, 5) is 17.1. The number of halogens is 2. The molecule has 26 heavy (non-hydrogen) atoms. The molecule has 0 saturated carbocycles. The Morgan fingerprint density at radius 2 is 2.00 bits per heavy atom. The van der Waals surface area contributed by atoms with Crippen molar-refractivity contribution in [2.24, 2.45) is 0 Å². The minimum absolute atomic E-state index is 0.308. The normalized spacial score (nSPS) is 10.6. The summed E-state index contributed by atoms with van der Waals surface area (Å²) >= 11 is 7.39. The molecule has 0 saturated heterocycles. The number of anilines is 1. The number of aromatic nitrogens is 2. The molecule has 8 heteroatoms. The van der Waals surface area contributed by atoms with Crippen molar-refractivity contribution in [3.63, 3.8) is 0 Å². The van der Waals surface area contributed by atoms with Gasteiger partial charge >= 0.3 is 0 Å². The standard InChI is InChI=1S/C18H15ClFN3O2S/c1-25-16-8-3-11(19)9-14(16)22-17(24)15-10-21-18(26-2)23(15)13-6-4-12(20)5-7-13/h3-10H,1-2H3,(H,22,24). The number of carbonyl (C=O) groups is 1. The second-order valence-electron chi connectivity index (χ2n) is 5.24. The lowest BCUT2D eigenvalue weighted by Crippen LogP contribution is -2.17. The van der Waals surface area contributed by atoms with Gasteiger partial charge in [-0.25, -0.2) is 9.37 Å². The van der Waals surface area contributed by atoms with Crippen LogP contribution in [0.4, 0.5) is 10.1 Å². The van der Waals surface area contributed by atoms with Gasteiger partial charge in [-0.2, -0.15) is 0 Å². The first kappa shape index (κ1) is 18.3. The van der Waals surface area contributed by atoms with Crippen LogP contribution in [0.5, 0.6) is 5.75 Å². The second-order valence-corrected chi connectivity index (χ2v) is 6.45. The Hall–Kier alpha value is -2.51. The summed E-state index contributed by atoms with van der Waals surface area (Å²) in [5, 5.41) is 3.87. The topological polar surface area (TPSA) is 56.1 Å². The molecular weight excluding hydrogens is 377 g/mol. The summed E-state index contributed by atoms with van der Waals surface area (Å²) in [7, 11) is 1.51. The SMILES string of the molecule is COc1ccc(Cl)cc1NC(=O)c1cnc(SC)n1-c1ccc(F)cc1. The van der Waals surface area contributed by atoms with E-state index in [0.717, 1.165) is 0 Å². The number of amides is 1. The van der Waals surface area contributed by atoms with Gasteiger partial charge in [0.1, 0.15) is 17.3 Å². The van der Waals surface area contributed by atoms with E-state index in [0.29, 0.717) is 33.0 Å². The summed E-state index contributed by atoms with van der Waals surface area (Å²) in [6.07, 6.45) is 3.32. The number of benzene rings is 2. The van der Waals surface area contributed by atoms with E-state index in [1.54, 1.807) is 34.9 Å². The lowest BCUT2D eigenvalue weighted by atomic mass is 10.2. The molecule has 3 aromatic rings. The highest BCUT2D eigenvalue weighted by Gasteiger charge is 2.19. The van der Waals surface area contributed by atoms with E-state index >= 15 is 0 Å². The van der Waals surface area contributed by atoms with E-state index < -0.39 is 0 Å². The van der Waals surface area contributed by atoms with Crippen LogP contribution in [0.3, 0.4) is 0 Å². The number of nitrogens with one attached hydrogen (secondary N) is 1. The molecule has 0 atom stereocenters. The zero-order valence-corrected chi connectivity index (χ0v) is 15.6. The predicted octanol–water partition coefficient (Wildman–Crippen LogP) is 4.65. The Morgan fingerprint density at radius 3 is 2.65 bits per heavy atom. The molecule has 3 rings (SSSR count). The minimum atomic E-state index is -0.386. The van der Waals surface area contributed by atoms with Gasteiger partial charge in [0.25, 0.3) is 5.91 Å². The first-order chi connectivity index (χ1) is 12.5. The van der Waals surface area contributed by atoms with Crippen LogP contribution in [0, 0.1) is 5.82 Å². The molecule has 1 N–H and O–H groups in total. The smallest absolute Gasteiger partial charge is 0.274 e. The lowest BCUT2D eigenvalue weighted by molar-refractivity contribution is 0.101. The van der Waals surface area contributed by atoms with Crippen molar-refractivity contribution in [3.05, 3.63) is 65.2 Å². The number of hydrogen-bond acceptors (Lipinski definition) is 4. The molecule has 5 nitrogen and oxygen atoms in total. The van der Waals surface area contributed by atoms with Gasteiger partial charge in [-0.1, -0.05) is 23.4 Å². The molecule has 134 valence electrons. The summed E-state index contributed by atoms with van der Waals surface area (Å²) in [5.41, 5.74) is 1.39. The van der Waals surface area contributed by atoms with E-state index in [4.69, 9.17) is 16.3 Å². The number of nitrogens with zero attached hydrogens (tertiary/aromatic N) is 2. The Kier molecular flexibility index (Phi) is 5.49. The zero-order valence-electron chi connectivity index (χ0n) is 14.0. The van der Waals surface area contributed by atoms with Gasteiger partial charge in [-0.15, -0.1) is 0 Å². The largest absolute Gasteiger partial charge is 0.495 e. The van der Waals surface area contributed by atoms with Crippen molar-refractivity contribution in [3.8, 4) is 11.4 Å². The Bertz CT molecular complexity index is 944. The highest BCUT2D eigenvalue weighted by Crippen LogP contribution is 2.29. The molecule has 0 aliphatic rings. The van der Waals surface area contributed by atoms with E-state index in [1.165, 1.54) is 37.2 Å². The van der Waals surface area contributed by atoms with Gasteiger partial charge in [0.2, 0.25) is 0 Å². The fourth-order valence-electron chi connectivity index (χ4n) is 2.44. The fraction of sp³-hybridized carbons (Fsp3) is 0.111. The third kappa shape index (κ3) is 3.68. The molecule has 1 amide bonds. The van der Waals surface area contributed by atoms with Crippen molar-refractivity contribution in [2.75, 3.05) is 18.7 Å². The van der Waals surface area contributed by atoms with Crippen LogP contribution in [-0.2, 0) is 0 Å². The first-order valence-electron chi connectivity index (χ1n) is 7.56. The molecule has 1 heterocycles.